The van der Waals surface area contributed by atoms with Gasteiger partial charge in [0.15, 0.2) is 0 Å². The molecule has 0 unspecified atom stereocenters. The first-order valence-electron chi connectivity index (χ1n) is 48.1. The molecule has 10 aromatic rings. The van der Waals surface area contributed by atoms with Crippen molar-refractivity contribution in [3.05, 3.63) is 230 Å². The molecule has 0 spiro atoms. The highest BCUT2D eigenvalue weighted by molar-refractivity contribution is 7.01. The van der Waals surface area contributed by atoms with Crippen LogP contribution in [0, 0.1) is 0 Å². The summed E-state index contributed by atoms with van der Waals surface area (Å²) in [6, 6.07) is 29.2. The van der Waals surface area contributed by atoms with Crippen LogP contribution in [-0.4, -0.2) is 13.4 Å². The minimum atomic E-state index is -1.50. The van der Waals surface area contributed by atoms with Crippen molar-refractivity contribution in [2.45, 2.75) is 314 Å². The van der Waals surface area contributed by atoms with Crippen LogP contribution in [0.1, 0.15) is 332 Å². The second-order valence-electron chi connectivity index (χ2n) is 46.1. The molecule has 0 bridgehead atoms. The number of rotatable bonds is 7. The Bertz CT molecular complexity index is 6040. The van der Waals surface area contributed by atoms with E-state index < -0.39 is 78.4 Å². The predicted molar refractivity (Wildman–Crippen MR) is 504 cm³/mol. The van der Waals surface area contributed by atoms with Gasteiger partial charge in [-0.05, 0) is 250 Å². The second kappa shape index (κ2) is 27.3. The molecule has 0 aliphatic carbocycles. The summed E-state index contributed by atoms with van der Waals surface area (Å²) in [6.45, 7) is 73.4. The second-order valence-corrected chi connectivity index (χ2v) is 46.1. The maximum Gasteiger partial charge on any atom is 0.260 e. The van der Waals surface area contributed by atoms with Crippen LogP contribution in [0.4, 0.5) is 51.2 Å². The maximum atomic E-state index is 12.1. The average molecular weight is 1560 g/mol. The van der Waals surface area contributed by atoms with Crippen molar-refractivity contribution in [2.24, 2.45) is 0 Å². The summed E-state index contributed by atoms with van der Waals surface area (Å²) in [4.78, 5) is 5.87. The third kappa shape index (κ3) is 15.7. The first kappa shape index (κ1) is 69.1. The summed E-state index contributed by atoms with van der Waals surface area (Å²) in [5.41, 5.74) is 7.34. The van der Waals surface area contributed by atoms with Gasteiger partial charge in [0, 0.05) is 63.4 Å². The number of hydrogen-bond acceptors (Lipinski definition) is 6. The summed E-state index contributed by atoms with van der Waals surface area (Å²) in [6.07, 6.45) is 0. The molecule has 0 atom stereocenters. The lowest BCUT2D eigenvalue weighted by molar-refractivity contribution is 0.463. The lowest BCUT2D eigenvalue weighted by Gasteiger charge is -2.43. The van der Waals surface area contributed by atoms with Crippen LogP contribution in [0.25, 0.3) is 0 Å². The summed E-state index contributed by atoms with van der Waals surface area (Å²) in [5, 5.41) is 0. The van der Waals surface area contributed by atoms with Gasteiger partial charge in [0.1, 0.15) is 34.5 Å². The van der Waals surface area contributed by atoms with Gasteiger partial charge < -0.3 is 28.9 Å². The van der Waals surface area contributed by atoms with E-state index in [-0.39, 0.29) is 174 Å². The molecule has 0 amide bonds. The van der Waals surface area contributed by atoms with Crippen molar-refractivity contribution >= 4 is 97.4 Å². The summed E-state index contributed by atoms with van der Waals surface area (Å²) in [5.74, 6) is -0.859. The topological polar surface area (TPSA) is 37.4 Å². The molecule has 10 aromatic carbocycles. The molecule has 116 heavy (non-hydrogen) atoms. The van der Waals surface area contributed by atoms with E-state index in [0.29, 0.717) is 28.4 Å². The fourth-order valence-electron chi connectivity index (χ4n) is 15.8. The highest BCUT2D eigenvalue weighted by Crippen LogP contribution is 2.53. The van der Waals surface area contributed by atoms with E-state index >= 15 is 0 Å². The van der Waals surface area contributed by atoms with E-state index in [2.05, 4.69) is 299 Å². The monoisotopic (exact) mass is 1560 g/mol. The number of benzene rings is 10. The number of anilines is 9. The number of nitrogens with zero attached hydrogens (tertiary/aromatic N) is 3. The molecular formula is C108H135B2N3O3. The third-order valence-corrected chi connectivity index (χ3v) is 23.8. The minimum absolute atomic E-state index is 0.00562. The Hall–Kier alpha value is -8.87. The normalized spacial score (nSPS) is 16.0. The Morgan fingerprint density at radius 1 is 0.224 bits per heavy atom. The van der Waals surface area contributed by atoms with Crippen LogP contribution in [0.5, 0.6) is 34.5 Å². The molecule has 0 aromatic heterocycles. The largest absolute Gasteiger partial charge is 0.458 e. The smallest absolute Gasteiger partial charge is 0.260 e. The third-order valence-electron chi connectivity index (χ3n) is 23.8. The first-order chi connectivity index (χ1) is 58.1. The standard InChI is InChI=1S/C108H135B2N3O3/c1-97(2,3)64-37-39-83-89(56-64)114-92-59-81(111(76-46-66(99(7,8)9)41-67(47-76)100(10,11)12)77-48-68(101(13,14)15)42-69(49-77)102(16,17)18)58-88-95(92)109(83)85-63-91-86(62-87(85)113(88)80-54-74(107(31,32)33)45-75(55-80)108(34,35)36)110-84-40-38-65(98(4,5)6)57-90(84)115-93-60-82(61-94(116-91)96(93)110)112(78-50-70(103(19,20)21)43-71(51-78)104(22,23)24)79-52-72(105(25,26)27)44-73(53-79)106(28,29)30/h37-63H,1-36H3/i37D,38D,39D,40D,56D,57D,58D,59D,60D,61D,62D,63D. The van der Waals surface area contributed by atoms with E-state index in [1.165, 1.54) is 0 Å². The molecule has 0 saturated carbocycles. The van der Waals surface area contributed by atoms with Crippen molar-refractivity contribution in [1.82, 2.24) is 0 Å². The zero-order valence-electron chi connectivity index (χ0n) is 88.9. The van der Waals surface area contributed by atoms with Crippen molar-refractivity contribution in [1.29, 1.82) is 0 Å². The van der Waals surface area contributed by atoms with Gasteiger partial charge in [0.2, 0.25) is 0 Å². The van der Waals surface area contributed by atoms with Crippen LogP contribution < -0.4 is 61.7 Å². The highest BCUT2D eigenvalue weighted by atomic mass is 16.5. The Morgan fingerprint density at radius 3 is 0.759 bits per heavy atom. The predicted octanol–water partition coefficient (Wildman–Crippen LogP) is 27.3. The molecule has 0 fully saturated rings. The SMILES string of the molecule is [2H]c1c([2H])c(C(C)(C)C)c([2H])c2c1B1c3c([2H])c4c(c([2H])c3Oc3c([2H])c(N(c5cc(C(C)(C)C)cc(C(C)(C)C)c5)c5cc(C(C)(C)C)cc(C(C)(C)C)c5)c([2H])c(c31)O2)B1c2c([2H])c([2H])c(C(C)(C)C)c([2H])c2Oc2c([2H])c(N(c3cc(C(C)(C)C)cc(C(C)(C)C)c3)c3cc(C(C)(C)C)cc(C(C)(C)C)c3)c([2H])c(c21)N4c1cc(C(C)(C)C)cc(C(C)(C)C)c1. The lowest BCUT2D eigenvalue weighted by atomic mass is 9.32. The molecule has 6 nitrogen and oxygen atoms in total. The van der Waals surface area contributed by atoms with Crippen LogP contribution in [-0.2, 0) is 65.0 Å². The molecule has 0 saturated heterocycles. The van der Waals surface area contributed by atoms with E-state index in [1.54, 1.807) is 0 Å². The average Bonchev–Trinajstić information content (AvgIpc) is 0.667. The Balaban J connectivity index is 1.24. The van der Waals surface area contributed by atoms with Crippen molar-refractivity contribution in [3.8, 4) is 34.5 Å². The van der Waals surface area contributed by atoms with E-state index in [0.717, 1.165) is 55.6 Å². The van der Waals surface area contributed by atoms with E-state index in [9.17, 15) is 16.4 Å². The lowest BCUT2D eigenvalue weighted by Crippen LogP contribution is -2.62. The van der Waals surface area contributed by atoms with Gasteiger partial charge in [0.25, 0.3) is 13.4 Å². The number of fused-ring (bicyclic) bond motifs is 8. The zero-order chi connectivity index (χ0) is 95.6. The Labute approximate surface area is 718 Å². The van der Waals surface area contributed by atoms with Crippen molar-refractivity contribution in [3.63, 3.8) is 0 Å². The quantitative estimate of drug-likeness (QED) is 0.148. The van der Waals surface area contributed by atoms with Crippen LogP contribution in [0.2, 0.25) is 0 Å². The van der Waals surface area contributed by atoms with Gasteiger partial charge in [-0.15, -0.1) is 0 Å². The summed E-state index contributed by atoms with van der Waals surface area (Å²) in [7, 11) is 0. The van der Waals surface area contributed by atoms with Crippen LogP contribution >= 0.6 is 0 Å². The Kier molecular flexibility index (Phi) is 16.3. The van der Waals surface area contributed by atoms with Gasteiger partial charge in [-0.1, -0.05) is 304 Å². The highest BCUT2D eigenvalue weighted by Gasteiger charge is 2.49. The summed E-state index contributed by atoms with van der Waals surface area (Å²) < 4.78 is 156. The molecular weight excluding hydrogens is 1410 g/mol. The minimum Gasteiger partial charge on any atom is -0.458 e. The van der Waals surface area contributed by atoms with Gasteiger partial charge in [0.05, 0.1) is 27.8 Å². The van der Waals surface area contributed by atoms with Gasteiger partial charge in [-0.2, -0.15) is 0 Å². The molecule has 4 aliphatic rings. The molecule has 0 N–H and O–H groups in total. The first-order valence-corrected chi connectivity index (χ1v) is 42.1. The van der Waals surface area contributed by atoms with Gasteiger partial charge in [-0.25, -0.2) is 0 Å². The molecule has 8 heteroatoms. The van der Waals surface area contributed by atoms with E-state index in [1.807, 2.05) is 56.2 Å². The van der Waals surface area contributed by atoms with Crippen LogP contribution in [0.15, 0.2) is 164 Å². The molecule has 4 heterocycles. The van der Waals surface area contributed by atoms with Crippen LogP contribution in [0.3, 0.4) is 0 Å². The number of hydrogen-bond donors (Lipinski definition) is 0. The molecule has 14 rings (SSSR count). The summed E-state index contributed by atoms with van der Waals surface area (Å²) >= 11 is 0. The van der Waals surface area contributed by atoms with E-state index in [4.69, 9.17) is 14.2 Å². The van der Waals surface area contributed by atoms with Crippen molar-refractivity contribution in [2.75, 3.05) is 14.7 Å². The molecule has 0 radical (unpaired) electrons. The molecule has 606 valence electrons. The van der Waals surface area contributed by atoms with Gasteiger partial charge in [-0.3, -0.25) is 0 Å². The maximum absolute atomic E-state index is 12.1. The number of ether oxygens (including phenoxy) is 3. The molecule has 4 aliphatic heterocycles. The fourth-order valence-corrected chi connectivity index (χ4v) is 15.8. The van der Waals surface area contributed by atoms with Crippen molar-refractivity contribution < 1.29 is 30.7 Å². The Morgan fingerprint density at radius 2 is 0.474 bits per heavy atom. The van der Waals surface area contributed by atoms with Gasteiger partial charge >= 0.3 is 0 Å². The fraction of sp³-hybridized carbons (Fsp3) is 0.444. The zero-order valence-corrected chi connectivity index (χ0v) is 76.9.